The van der Waals surface area contributed by atoms with Gasteiger partial charge in [-0.15, -0.1) is 0 Å². The topological polar surface area (TPSA) is 61.4 Å². The molecule has 0 saturated carbocycles. The van der Waals surface area contributed by atoms with Crippen molar-refractivity contribution in [3.63, 3.8) is 0 Å². The fourth-order valence-electron chi connectivity index (χ4n) is 1.17. The van der Waals surface area contributed by atoms with E-state index in [2.05, 4.69) is 10.6 Å². The number of halogens is 1. The molecule has 0 aromatic heterocycles. The maximum atomic E-state index is 12.9. The normalized spacial score (nSPS) is 12.1. The van der Waals surface area contributed by atoms with E-state index in [0.29, 0.717) is 5.69 Å². The van der Waals surface area contributed by atoms with Crippen LogP contribution in [0.25, 0.3) is 0 Å². The van der Waals surface area contributed by atoms with Gasteiger partial charge in [-0.3, -0.25) is 0 Å². The lowest BCUT2D eigenvalue weighted by Crippen LogP contribution is -2.58. The lowest BCUT2D eigenvalue weighted by atomic mass is 9.86. The molecular weight excluding hydrogens is 235 g/mol. The second-order valence-corrected chi connectivity index (χ2v) is 5.27. The quantitative estimate of drug-likeness (QED) is 0.776. The molecule has 2 amide bonds. The first-order chi connectivity index (χ1) is 8.12. The van der Waals surface area contributed by atoms with Crippen LogP contribution in [0.3, 0.4) is 0 Å². The third-order valence-electron chi connectivity index (χ3n) is 3.04. The fraction of sp³-hybridized carbons (Fsp3) is 0.462. The molecule has 0 heterocycles. The number of carbonyl (C=O) groups excluding carboxylic acids is 1. The van der Waals surface area contributed by atoms with Crippen LogP contribution in [-0.4, -0.2) is 22.3 Å². The standard InChI is InChI=1S/C13H19FN2O2/c1-12(2,13(3,4)18)16-11(17)15-10-7-5-6-9(14)8-10/h5-8,18H,1-4H3,(H2,15,16,17). The summed E-state index contributed by atoms with van der Waals surface area (Å²) >= 11 is 0. The summed E-state index contributed by atoms with van der Waals surface area (Å²) in [7, 11) is 0. The molecule has 0 radical (unpaired) electrons. The first kappa shape index (κ1) is 14.4. The van der Waals surface area contributed by atoms with Crippen LogP contribution in [-0.2, 0) is 0 Å². The largest absolute Gasteiger partial charge is 0.388 e. The molecule has 100 valence electrons. The molecule has 4 nitrogen and oxygen atoms in total. The predicted octanol–water partition coefficient (Wildman–Crippen LogP) is 2.50. The van der Waals surface area contributed by atoms with E-state index in [4.69, 9.17) is 0 Å². The van der Waals surface area contributed by atoms with Crippen molar-refractivity contribution in [2.75, 3.05) is 5.32 Å². The molecule has 0 saturated heterocycles. The molecule has 0 aliphatic heterocycles. The highest BCUT2D eigenvalue weighted by Crippen LogP contribution is 2.20. The zero-order chi connectivity index (χ0) is 14.0. The lowest BCUT2D eigenvalue weighted by Gasteiger charge is -2.37. The maximum Gasteiger partial charge on any atom is 0.319 e. The van der Waals surface area contributed by atoms with Crippen molar-refractivity contribution in [1.82, 2.24) is 5.32 Å². The Morgan fingerprint density at radius 3 is 2.39 bits per heavy atom. The van der Waals surface area contributed by atoms with E-state index >= 15 is 0 Å². The smallest absolute Gasteiger partial charge is 0.319 e. The number of rotatable bonds is 3. The second kappa shape index (κ2) is 4.94. The highest BCUT2D eigenvalue weighted by Gasteiger charge is 2.36. The molecule has 3 N–H and O–H groups in total. The Bertz CT molecular complexity index is 439. The molecule has 18 heavy (non-hydrogen) atoms. The number of anilines is 1. The van der Waals surface area contributed by atoms with Gasteiger partial charge in [-0.1, -0.05) is 6.07 Å². The van der Waals surface area contributed by atoms with Crippen molar-refractivity contribution < 1.29 is 14.3 Å². The van der Waals surface area contributed by atoms with Crippen molar-refractivity contribution in [2.45, 2.75) is 38.8 Å². The Morgan fingerprint density at radius 2 is 1.89 bits per heavy atom. The minimum Gasteiger partial charge on any atom is -0.388 e. The molecule has 0 bridgehead atoms. The van der Waals surface area contributed by atoms with Crippen molar-refractivity contribution >= 4 is 11.7 Å². The molecule has 1 aromatic rings. The fourth-order valence-corrected chi connectivity index (χ4v) is 1.17. The first-order valence-electron chi connectivity index (χ1n) is 5.69. The van der Waals surface area contributed by atoms with E-state index in [9.17, 15) is 14.3 Å². The van der Waals surface area contributed by atoms with Crippen LogP contribution >= 0.6 is 0 Å². The van der Waals surface area contributed by atoms with Crippen LogP contribution < -0.4 is 10.6 Å². The summed E-state index contributed by atoms with van der Waals surface area (Å²) in [6, 6.07) is 5.11. The van der Waals surface area contributed by atoms with E-state index in [0.717, 1.165) is 0 Å². The highest BCUT2D eigenvalue weighted by atomic mass is 19.1. The average Bonchev–Trinajstić information content (AvgIpc) is 2.14. The van der Waals surface area contributed by atoms with Gasteiger partial charge in [0.1, 0.15) is 5.82 Å². The summed E-state index contributed by atoms with van der Waals surface area (Å²) in [5.41, 5.74) is -1.53. The first-order valence-corrected chi connectivity index (χ1v) is 5.69. The van der Waals surface area contributed by atoms with Crippen molar-refractivity contribution in [2.24, 2.45) is 0 Å². The van der Waals surface area contributed by atoms with Gasteiger partial charge in [0.15, 0.2) is 0 Å². The van der Waals surface area contributed by atoms with Crippen molar-refractivity contribution in [3.05, 3.63) is 30.1 Å². The SMILES string of the molecule is CC(C)(O)C(C)(C)NC(=O)Nc1cccc(F)c1. The molecule has 0 fully saturated rings. The summed E-state index contributed by atoms with van der Waals surface area (Å²) < 4.78 is 12.9. The van der Waals surface area contributed by atoms with E-state index in [1.54, 1.807) is 33.8 Å². The van der Waals surface area contributed by atoms with Gasteiger partial charge in [-0.2, -0.15) is 0 Å². The Balaban J connectivity index is 2.68. The van der Waals surface area contributed by atoms with E-state index < -0.39 is 23.0 Å². The maximum absolute atomic E-state index is 12.9. The average molecular weight is 254 g/mol. The summed E-state index contributed by atoms with van der Waals surface area (Å²) in [4.78, 5) is 11.7. The third-order valence-corrected chi connectivity index (χ3v) is 3.04. The number of hydrogen-bond donors (Lipinski definition) is 3. The molecule has 0 aliphatic rings. The van der Waals surface area contributed by atoms with Crippen LogP contribution in [0.5, 0.6) is 0 Å². The van der Waals surface area contributed by atoms with E-state index in [-0.39, 0.29) is 0 Å². The molecule has 0 atom stereocenters. The van der Waals surface area contributed by atoms with Gasteiger partial charge in [0.05, 0.1) is 11.1 Å². The number of amides is 2. The predicted molar refractivity (Wildman–Crippen MR) is 68.9 cm³/mol. The zero-order valence-corrected chi connectivity index (χ0v) is 11.0. The Hall–Kier alpha value is -1.62. The number of hydrogen-bond acceptors (Lipinski definition) is 2. The molecule has 1 rings (SSSR count). The van der Waals surface area contributed by atoms with Crippen LogP contribution in [0.15, 0.2) is 24.3 Å². The number of carbonyl (C=O) groups is 1. The van der Waals surface area contributed by atoms with Crippen LogP contribution in [0, 0.1) is 5.82 Å². The lowest BCUT2D eigenvalue weighted by molar-refractivity contribution is 0.00184. The summed E-state index contributed by atoms with van der Waals surface area (Å²) in [6.07, 6.45) is 0. The minimum atomic E-state index is -1.08. The minimum absolute atomic E-state index is 0.360. The highest BCUT2D eigenvalue weighted by molar-refractivity contribution is 5.89. The number of nitrogens with one attached hydrogen (secondary N) is 2. The molecule has 1 aromatic carbocycles. The molecule has 0 aliphatic carbocycles. The summed E-state index contributed by atoms with van der Waals surface area (Å²) in [5.74, 6) is -0.422. The van der Waals surface area contributed by atoms with Gasteiger partial charge in [0.25, 0.3) is 0 Å². The van der Waals surface area contributed by atoms with Crippen molar-refractivity contribution in [3.8, 4) is 0 Å². The van der Waals surface area contributed by atoms with Crippen LogP contribution in [0.1, 0.15) is 27.7 Å². The molecule has 0 spiro atoms. The molecule has 0 unspecified atom stereocenters. The molecular formula is C13H19FN2O2. The van der Waals surface area contributed by atoms with Crippen LogP contribution in [0.4, 0.5) is 14.9 Å². The van der Waals surface area contributed by atoms with E-state index in [1.165, 1.54) is 18.2 Å². The van der Waals surface area contributed by atoms with Gasteiger partial charge in [0.2, 0.25) is 0 Å². The van der Waals surface area contributed by atoms with Crippen LogP contribution in [0.2, 0.25) is 0 Å². The van der Waals surface area contributed by atoms with Gasteiger partial charge in [0, 0.05) is 5.69 Å². The van der Waals surface area contributed by atoms with Gasteiger partial charge in [-0.05, 0) is 45.9 Å². The van der Waals surface area contributed by atoms with Gasteiger partial charge in [-0.25, -0.2) is 9.18 Å². The summed E-state index contributed by atoms with van der Waals surface area (Å²) in [5, 5.41) is 15.1. The number of benzene rings is 1. The zero-order valence-electron chi connectivity index (χ0n) is 11.0. The Kier molecular flexibility index (Phi) is 3.96. The number of urea groups is 1. The monoisotopic (exact) mass is 254 g/mol. The second-order valence-electron chi connectivity index (χ2n) is 5.27. The van der Waals surface area contributed by atoms with Gasteiger partial charge >= 0.3 is 6.03 Å². The molecule has 5 heteroatoms. The number of aliphatic hydroxyl groups is 1. The van der Waals surface area contributed by atoms with Crippen molar-refractivity contribution in [1.29, 1.82) is 0 Å². The third kappa shape index (κ3) is 3.70. The summed E-state index contributed by atoms with van der Waals surface area (Å²) in [6.45, 7) is 6.63. The van der Waals surface area contributed by atoms with E-state index in [1.807, 2.05) is 0 Å². The Labute approximate surface area is 106 Å². The van der Waals surface area contributed by atoms with Gasteiger partial charge < -0.3 is 15.7 Å². The Morgan fingerprint density at radius 1 is 1.28 bits per heavy atom.